The van der Waals surface area contributed by atoms with Crippen molar-refractivity contribution < 1.29 is 14.7 Å². The molecular formula is C20H21ClN2O3. The molecule has 0 aliphatic carbocycles. The molecule has 0 bridgehead atoms. The number of carbonyl (C=O) groups excluding carboxylic acids is 1. The highest BCUT2D eigenvalue weighted by molar-refractivity contribution is 6.34. The Morgan fingerprint density at radius 1 is 0.962 bits per heavy atom. The van der Waals surface area contributed by atoms with Crippen LogP contribution in [0.4, 0.5) is 11.4 Å². The summed E-state index contributed by atoms with van der Waals surface area (Å²) in [6, 6.07) is 11.8. The maximum Gasteiger partial charge on any atom is 0.337 e. The Kier molecular flexibility index (Phi) is 5.78. The summed E-state index contributed by atoms with van der Waals surface area (Å²) in [5.41, 5.74) is 1.69. The van der Waals surface area contributed by atoms with Crippen molar-refractivity contribution in [1.29, 1.82) is 0 Å². The number of hydrogen-bond donors (Lipinski definition) is 2. The van der Waals surface area contributed by atoms with Crippen LogP contribution in [-0.4, -0.2) is 30.1 Å². The summed E-state index contributed by atoms with van der Waals surface area (Å²) < 4.78 is 0. The van der Waals surface area contributed by atoms with Gasteiger partial charge in [0.1, 0.15) is 0 Å². The SMILES string of the molecule is O=C(Nc1ccc(N2CCCCCC2)c(C(=O)O)c1)c1ccccc1Cl. The molecule has 0 saturated carbocycles. The van der Waals surface area contributed by atoms with E-state index in [1.54, 1.807) is 36.4 Å². The molecule has 0 radical (unpaired) electrons. The first kappa shape index (κ1) is 18.3. The second-order valence-corrected chi connectivity index (χ2v) is 6.78. The molecule has 1 aliphatic heterocycles. The number of benzene rings is 2. The Morgan fingerprint density at radius 3 is 2.31 bits per heavy atom. The zero-order chi connectivity index (χ0) is 18.5. The van der Waals surface area contributed by atoms with Gasteiger partial charge in [-0.3, -0.25) is 4.79 Å². The third-order valence-corrected chi connectivity index (χ3v) is 4.88. The van der Waals surface area contributed by atoms with Gasteiger partial charge in [0.25, 0.3) is 5.91 Å². The molecule has 0 aromatic heterocycles. The van der Waals surface area contributed by atoms with E-state index in [0.717, 1.165) is 25.9 Å². The summed E-state index contributed by atoms with van der Waals surface area (Å²) >= 11 is 6.05. The molecule has 0 spiro atoms. The van der Waals surface area contributed by atoms with Crippen molar-refractivity contribution in [2.24, 2.45) is 0 Å². The number of hydrogen-bond acceptors (Lipinski definition) is 3. The van der Waals surface area contributed by atoms with Crippen LogP contribution in [0.2, 0.25) is 5.02 Å². The van der Waals surface area contributed by atoms with E-state index in [4.69, 9.17) is 11.6 Å². The number of nitrogens with zero attached hydrogens (tertiary/aromatic N) is 1. The summed E-state index contributed by atoms with van der Waals surface area (Å²) in [6.45, 7) is 1.71. The van der Waals surface area contributed by atoms with Crippen LogP contribution >= 0.6 is 11.6 Å². The van der Waals surface area contributed by atoms with Gasteiger partial charge in [-0.15, -0.1) is 0 Å². The minimum atomic E-state index is -1.00. The number of carboxylic acids is 1. The van der Waals surface area contributed by atoms with E-state index in [0.29, 0.717) is 22.0 Å². The van der Waals surface area contributed by atoms with Gasteiger partial charge in [0.05, 0.1) is 21.8 Å². The van der Waals surface area contributed by atoms with E-state index >= 15 is 0 Å². The molecule has 1 aliphatic rings. The molecule has 2 N–H and O–H groups in total. The quantitative estimate of drug-likeness (QED) is 0.818. The fourth-order valence-corrected chi connectivity index (χ4v) is 3.44. The second-order valence-electron chi connectivity index (χ2n) is 6.37. The molecular weight excluding hydrogens is 352 g/mol. The van der Waals surface area contributed by atoms with Gasteiger partial charge >= 0.3 is 5.97 Å². The Bertz CT molecular complexity index is 814. The zero-order valence-corrected chi connectivity index (χ0v) is 15.1. The van der Waals surface area contributed by atoms with E-state index in [1.807, 2.05) is 0 Å². The number of halogens is 1. The third kappa shape index (κ3) is 4.17. The molecule has 26 heavy (non-hydrogen) atoms. The third-order valence-electron chi connectivity index (χ3n) is 4.55. The van der Waals surface area contributed by atoms with Gasteiger partial charge in [0.2, 0.25) is 0 Å². The molecule has 2 aromatic rings. The molecule has 1 fully saturated rings. The maximum atomic E-state index is 12.4. The molecule has 136 valence electrons. The summed E-state index contributed by atoms with van der Waals surface area (Å²) in [4.78, 5) is 26.3. The average molecular weight is 373 g/mol. The minimum Gasteiger partial charge on any atom is -0.478 e. The van der Waals surface area contributed by atoms with E-state index in [2.05, 4.69) is 10.2 Å². The zero-order valence-electron chi connectivity index (χ0n) is 14.4. The highest BCUT2D eigenvalue weighted by Gasteiger charge is 2.19. The van der Waals surface area contributed by atoms with Crippen LogP contribution in [-0.2, 0) is 0 Å². The van der Waals surface area contributed by atoms with Crippen molar-refractivity contribution >= 4 is 34.9 Å². The molecule has 2 aromatic carbocycles. The number of nitrogens with one attached hydrogen (secondary N) is 1. The lowest BCUT2D eigenvalue weighted by molar-refractivity contribution is 0.0697. The minimum absolute atomic E-state index is 0.198. The number of rotatable bonds is 4. The van der Waals surface area contributed by atoms with Crippen LogP contribution in [0.15, 0.2) is 42.5 Å². The monoisotopic (exact) mass is 372 g/mol. The summed E-state index contributed by atoms with van der Waals surface area (Å²) in [5.74, 6) is -1.37. The lowest BCUT2D eigenvalue weighted by Gasteiger charge is -2.24. The summed E-state index contributed by atoms with van der Waals surface area (Å²) in [5, 5.41) is 12.7. The van der Waals surface area contributed by atoms with Crippen LogP contribution < -0.4 is 10.2 Å². The highest BCUT2D eigenvalue weighted by atomic mass is 35.5. The summed E-state index contributed by atoms with van der Waals surface area (Å²) in [7, 11) is 0. The molecule has 1 amide bonds. The number of aromatic carboxylic acids is 1. The number of anilines is 2. The smallest absolute Gasteiger partial charge is 0.337 e. The number of carboxylic acid groups (broad SMARTS) is 1. The molecule has 1 heterocycles. The van der Waals surface area contributed by atoms with Gasteiger partial charge in [-0.25, -0.2) is 4.79 Å². The van der Waals surface area contributed by atoms with Crippen molar-refractivity contribution in [1.82, 2.24) is 0 Å². The van der Waals surface area contributed by atoms with Crippen molar-refractivity contribution in [3.63, 3.8) is 0 Å². The molecule has 1 saturated heterocycles. The molecule has 0 atom stereocenters. The predicted octanol–water partition coefficient (Wildman–Crippen LogP) is 4.67. The highest BCUT2D eigenvalue weighted by Crippen LogP contribution is 2.27. The second kappa shape index (κ2) is 8.23. The first-order chi connectivity index (χ1) is 12.6. The van der Waals surface area contributed by atoms with E-state index in [1.165, 1.54) is 18.9 Å². The van der Waals surface area contributed by atoms with Crippen LogP contribution in [0, 0.1) is 0 Å². The fourth-order valence-electron chi connectivity index (χ4n) is 3.22. The van der Waals surface area contributed by atoms with Crippen LogP contribution in [0.5, 0.6) is 0 Å². The Hall–Kier alpha value is -2.53. The Morgan fingerprint density at radius 2 is 1.65 bits per heavy atom. The standard InChI is InChI=1S/C20H21ClN2O3/c21-17-8-4-3-7-15(17)19(24)22-14-9-10-18(16(13-14)20(25)26)23-11-5-1-2-6-12-23/h3-4,7-10,13H,1-2,5-6,11-12H2,(H,22,24)(H,25,26). The Balaban J connectivity index is 1.85. The van der Waals surface area contributed by atoms with Gasteiger partial charge in [-0.2, -0.15) is 0 Å². The van der Waals surface area contributed by atoms with Crippen molar-refractivity contribution in [2.75, 3.05) is 23.3 Å². The van der Waals surface area contributed by atoms with Crippen LogP contribution in [0.25, 0.3) is 0 Å². The lowest BCUT2D eigenvalue weighted by Crippen LogP contribution is -2.26. The van der Waals surface area contributed by atoms with Crippen LogP contribution in [0.1, 0.15) is 46.4 Å². The van der Waals surface area contributed by atoms with Crippen LogP contribution in [0.3, 0.4) is 0 Å². The van der Waals surface area contributed by atoms with Gasteiger partial charge in [0, 0.05) is 18.8 Å². The first-order valence-electron chi connectivity index (χ1n) is 8.74. The normalized spacial score (nSPS) is 14.6. The topological polar surface area (TPSA) is 69.6 Å². The van der Waals surface area contributed by atoms with Gasteiger partial charge < -0.3 is 15.3 Å². The first-order valence-corrected chi connectivity index (χ1v) is 9.12. The molecule has 6 heteroatoms. The molecule has 0 unspecified atom stereocenters. The van der Waals surface area contributed by atoms with E-state index in [9.17, 15) is 14.7 Å². The van der Waals surface area contributed by atoms with Crippen molar-refractivity contribution in [2.45, 2.75) is 25.7 Å². The summed E-state index contributed by atoms with van der Waals surface area (Å²) in [6.07, 6.45) is 4.46. The molecule has 3 rings (SSSR count). The van der Waals surface area contributed by atoms with Gasteiger partial charge in [-0.05, 0) is 43.2 Å². The van der Waals surface area contributed by atoms with E-state index in [-0.39, 0.29) is 11.5 Å². The lowest BCUT2D eigenvalue weighted by atomic mass is 10.1. The number of amides is 1. The van der Waals surface area contributed by atoms with Gasteiger partial charge in [-0.1, -0.05) is 36.6 Å². The van der Waals surface area contributed by atoms with E-state index < -0.39 is 5.97 Å². The van der Waals surface area contributed by atoms with Gasteiger partial charge in [0.15, 0.2) is 0 Å². The maximum absolute atomic E-state index is 12.4. The fraction of sp³-hybridized carbons (Fsp3) is 0.300. The molecule has 5 nitrogen and oxygen atoms in total. The van der Waals surface area contributed by atoms with Crippen molar-refractivity contribution in [3.8, 4) is 0 Å². The number of carbonyl (C=O) groups is 2. The Labute approximate surface area is 157 Å². The average Bonchev–Trinajstić information content (AvgIpc) is 2.91. The largest absolute Gasteiger partial charge is 0.478 e. The predicted molar refractivity (Wildman–Crippen MR) is 103 cm³/mol. The van der Waals surface area contributed by atoms with Crippen molar-refractivity contribution in [3.05, 3.63) is 58.6 Å².